The number of thioether (sulfide) groups is 1. The van der Waals surface area contributed by atoms with Gasteiger partial charge in [-0.15, -0.1) is 11.8 Å². The zero-order valence-electron chi connectivity index (χ0n) is 12.5. The van der Waals surface area contributed by atoms with Crippen LogP contribution in [0.1, 0.15) is 30.0 Å². The number of ether oxygens (including phenoxy) is 1. The zero-order chi connectivity index (χ0) is 14.7. The Morgan fingerprint density at radius 3 is 2.81 bits per heavy atom. The fourth-order valence-electron chi connectivity index (χ4n) is 2.68. The first-order valence-corrected chi connectivity index (χ1v) is 8.39. The van der Waals surface area contributed by atoms with Crippen LogP contribution in [-0.2, 0) is 0 Å². The summed E-state index contributed by atoms with van der Waals surface area (Å²) in [6.07, 6.45) is 0. The number of hydrogen-bond donors (Lipinski definition) is 1. The summed E-state index contributed by atoms with van der Waals surface area (Å²) < 4.78 is 6.15. The molecule has 110 valence electrons. The normalized spacial score (nSPS) is 18.3. The second kappa shape index (κ2) is 6.54. The van der Waals surface area contributed by atoms with Crippen molar-refractivity contribution < 1.29 is 4.74 Å². The van der Waals surface area contributed by atoms with Gasteiger partial charge in [-0.25, -0.2) is 0 Å². The van der Waals surface area contributed by atoms with Gasteiger partial charge in [0.05, 0.1) is 6.61 Å². The second-order valence-electron chi connectivity index (χ2n) is 5.40. The van der Waals surface area contributed by atoms with Gasteiger partial charge in [-0.2, -0.15) is 0 Å². The molecule has 3 rings (SSSR count). The molecule has 1 aliphatic rings. The van der Waals surface area contributed by atoms with Gasteiger partial charge in [-0.1, -0.05) is 36.4 Å². The molecule has 0 aromatic heterocycles. The Morgan fingerprint density at radius 1 is 1.19 bits per heavy atom. The lowest BCUT2D eigenvalue weighted by atomic mass is 10.0. The van der Waals surface area contributed by atoms with E-state index in [-0.39, 0.29) is 0 Å². The molecular weight excluding hydrogens is 278 g/mol. The Bertz CT molecular complexity index is 614. The minimum atomic E-state index is 0.298. The molecule has 0 saturated heterocycles. The standard InChI is InChI=1S/C18H21NOS/c1-13(19-2)15-7-3-5-9-17(15)20-11-14-12-21-18-10-6-4-8-16(14)18/h3-10,13-14,19H,11-12H2,1-2H3. The van der Waals surface area contributed by atoms with Gasteiger partial charge in [-0.3, -0.25) is 0 Å². The van der Waals surface area contributed by atoms with Crippen LogP contribution in [0.3, 0.4) is 0 Å². The van der Waals surface area contributed by atoms with Crippen LogP contribution in [-0.4, -0.2) is 19.4 Å². The summed E-state index contributed by atoms with van der Waals surface area (Å²) in [4.78, 5) is 1.41. The SMILES string of the molecule is CNC(C)c1ccccc1OCC1CSc2ccccc21. The van der Waals surface area contributed by atoms with E-state index in [1.54, 1.807) is 0 Å². The number of rotatable bonds is 5. The highest BCUT2D eigenvalue weighted by Gasteiger charge is 2.23. The Morgan fingerprint density at radius 2 is 1.95 bits per heavy atom. The number of nitrogens with one attached hydrogen (secondary N) is 1. The highest BCUT2D eigenvalue weighted by molar-refractivity contribution is 7.99. The molecule has 2 atom stereocenters. The van der Waals surface area contributed by atoms with E-state index in [0.29, 0.717) is 12.0 Å². The molecule has 1 heterocycles. The van der Waals surface area contributed by atoms with Gasteiger partial charge in [0.25, 0.3) is 0 Å². The molecule has 0 aliphatic carbocycles. The van der Waals surface area contributed by atoms with E-state index in [0.717, 1.165) is 18.1 Å². The van der Waals surface area contributed by atoms with E-state index in [1.807, 2.05) is 24.9 Å². The third-order valence-corrected chi connectivity index (χ3v) is 5.31. The van der Waals surface area contributed by atoms with E-state index in [2.05, 4.69) is 54.7 Å². The number of fused-ring (bicyclic) bond motifs is 1. The van der Waals surface area contributed by atoms with Crippen molar-refractivity contribution in [2.75, 3.05) is 19.4 Å². The first-order valence-electron chi connectivity index (χ1n) is 7.40. The summed E-state index contributed by atoms with van der Waals surface area (Å²) in [6, 6.07) is 17.3. The third-order valence-electron chi connectivity index (χ3n) is 4.06. The summed E-state index contributed by atoms with van der Waals surface area (Å²) in [5, 5.41) is 3.28. The second-order valence-corrected chi connectivity index (χ2v) is 6.47. The summed E-state index contributed by atoms with van der Waals surface area (Å²) in [6.45, 7) is 2.90. The molecule has 1 N–H and O–H groups in total. The molecule has 0 amide bonds. The van der Waals surface area contributed by atoms with Crippen LogP contribution in [0, 0.1) is 0 Å². The summed E-state index contributed by atoms with van der Waals surface area (Å²) in [5.41, 5.74) is 2.65. The van der Waals surface area contributed by atoms with Crippen LogP contribution in [0.15, 0.2) is 53.4 Å². The van der Waals surface area contributed by atoms with Crippen molar-refractivity contribution in [3.8, 4) is 5.75 Å². The minimum Gasteiger partial charge on any atom is -0.493 e. The molecule has 3 heteroatoms. The number of hydrogen-bond acceptors (Lipinski definition) is 3. The smallest absolute Gasteiger partial charge is 0.124 e. The lowest BCUT2D eigenvalue weighted by Gasteiger charge is -2.18. The predicted octanol–water partition coefficient (Wildman–Crippen LogP) is 4.24. The van der Waals surface area contributed by atoms with Crippen molar-refractivity contribution >= 4 is 11.8 Å². The topological polar surface area (TPSA) is 21.3 Å². The Labute approximate surface area is 130 Å². The first kappa shape index (κ1) is 14.5. The van der Waals surface area contributed by atoms with Crippen molar-refractivity contribution in [2.45, 2.75) is 23.8 Å². The van der Waals surface area contributed by atoms with Gasteiger partial charge < -0.3 is 10.1 Å². The van der Waals surface area contributed by atoms with E-state index in [9.17, 15) is 0 Å². The van der Waals surface area contributed by atoms with Crippen LogP contribution >= 0.6 is 11.8 Å². The van der Waals surface area contributed by atoms with Crippen LogP contribution in [0.25, 0.3) is 0 Å². The maximum Gasteiger partial charge on any atom is 0.124 e. The summed E-state index contributed by atoms with van der Waals surface area (Å²) in [5.74, 6) is 2.60. The molecule has 0 spiro atoms. The van der Waals surface area contributed by atoms with Crippen LogP contribution in [0.4, 0.5) is 0 Å². The Balaban J connectivity index is 1.72. The molecule has 1 aliphatic heterocycles. The molecule has 2 aromatic carbocycles. The van der Waals surface area contributed by atoms with Crippen molar-refractivity contribution in [3.63, 3.8) is 0 Å². The fourth-order valence-corrected chi connectivity index (χ4v) is 3.92. The Kier molecular flexibility index (Phi) is 4.51. The molecule has 2 unspecified atom stereocenters. The molecule has 2 nitrogen and oxygen atoms in total. The average Bonchev–Trinajstić information content (AvgIpc) is 2.96. The molecule has 0 radical (unpaired) electrons. The van der Waals surface area contributed by atoms with Gasteiger partial charge in [0.15, 0.2) is 0 Å². The lowest BCUT2D eigenvalue weighted by Crippen LogP contribution is -2.15. The van der Waals surface area contributed by atoms with E-state index < -0.39 is 0 Å². The zero-order valence-corrected chi connectivity index (χ0v) is 13.3. The average molecular weight is 299 g/mol. The lowest BCUT2D eigenvalue weighted by molar-refractivity contribution is 0.293. The van der Waals surface area contributed by atoms with E-state index >= 15 is 0 Å². The van der Waals surface area contributed by atoms with Gasteiger partial charge in [0.2, 0.25) is 0 Å². The molecule has 0 bridgehead atoms. The van der Waals surface area contributed by atoms with E-state index in [4.69, 9.17) is 4.74 Å². The van der Waals surface area contributed by atoms with Gasteiger partial charge in [-0.05, 0) is 31.7 Å². The van der Waals surface area contributed by atoms with Gasteiger partial charge >= 0.3 is 0 Å². The quantitative estimate of drug-likeness (QED) is 0.892. The van der Waals surface area contributed by atoms with E-state index in [1.165, 1.54) is 16.0 Å². The van der Waals surface area contributed by atoms with Crippen LogP contribution in [0.5, 0.6) is 5.75 Å². The van der Waals surface area contributed by atoms with Crippen molar-refractivity contribution in [1.82, 2.24) is 5.32 Å². The number of benzene rings is 2. The molecule has 0 fully saturated rings. The highest BCUT2D eigenvalue weighted by Crippen LogP contribution is 2.39. The molecule has 0 saturated carbocycles. The molecular formula is C18H21NOS. The summed E-state index contributed by atoms with van der Waals surface area (Å²) in [7, 11) is 1.98. The Hall–Kier alpha value is -1.45. The fraction of sp³-hybridized carbons (Fsp3) is 0.333. The maximum atomic E-state index is 6.15. The maximum absolute atomic E-state index is 6.15. The van der Waals surface area contributed by atoms with Crippen LogP contribution in [0.2, 0.25) is 0 Å². The number of para-hydroxylation sites is 1. The monoisotopic (exact) mass is 299 g/mol. The first-order chi connectivity index (χ1) is 10.3. The third kappa shape index (κ3) is 3.09. The van der Waals surface area contributed by atoms with Crippen molar-refractivity contribution in [1.29, 1.82) is 0 Å². The summed E-state index contributed by atoms with van der Waals surface area (Å²) >= 11 is 1.93. The van der Waals surface area contributed by atoms with Crippen molar-refractivity contribution in [3.05, 3.63) is 59.7 Å². The van der Waals surface area contributed by atoms with Crippen molar-refractivity contribution in [2.24, 2.45) is 0 Å². The minimum absolute atomic E-state index is 0.298. The van der Waals surface area contributed by atoms with Crippen LogP contribution < -0.4 is 10.1 Å². The van der Waals surface area contributed by atoms with Gasteiger partial charge in [0, 0.05) is 28.2 Å². The highest BCUT2D eigenvalue weighted by atomic mass is 32.2. The molecule has 21 heavy (non-hydrogen) atoms. The predicted molar refractivity (Wildman–Crippen MR) is 89.3 cm³/mol. The largest absolute Gasteiger partial charge is 0.493 e. The van der Waals surface area contributed by atoms with Gasteiger partial charge in [0.1, 0.15) is 5.75 Å². The molecule has 2 aromatic rings.